The van der Waals surface area contributed by atoms with E-state index in [-0.39, 0.29) is 28.7 Å². The number of ether oxygens (including phenoxy) is 1. The number of hydrogen-bond donors (Lipinski definition) is 1. The van der Waals surface area contributed by atoms with E-state index in [0.29, 0.717) is 11.1 Å². The lowest BCUT2D eigenvalue weighted by Gasteiger charge is -2.38. The largest absolute Gasteiger partial charge is 0.461 e. The van der Waals surface area contributed by atoms with Crippen LogP contribution in [0.25, 0.3) is 0 Å². The van der Waals surface area contributed by atoms with Gasteiger partial charge in [-0.15, -0.1) is 0 Å². The zero-order valence-electron chi connectivity index (χ0n) is 12.2. The Morgan fingerprint density at radius 2 is 2.35 bits per heavy atom. The molecule has 0 saturated heterocycles. The van der Waals surface area contributed by atoms with Crippen molar-refractivity contribution in [3.05, 3.63) is 6.33 Å². The van der Waals surface area contributed by atoms with Crippen LogP contribution in [0.5, 0.6) is 0 Å². The molecular weight excluding hydrogens is 274 g/mol. The highest BCUT2D eigenvalue weighted by Gasteiger charge is 2.62. The average Bonchev–Trinajstić information content (AvgIpc) is 3.02. The minimum Gasteiger partial charge on any atom is -0.461 e. The molecule has 110 valence electrons. The molecule has 0 radical (unpaired) electrons. The predicted molar refractivity (Wildman–Crippen MR) is 76.2 cm³/mol. The molecule has 2 aliphatic rings. The van der Waals surface area contributed by atoms with Gasteiger partial charge in [0, 0.05) is 5.41 Å². The number of H-pyrrole nitrogens is 1. The van der Waals surface area contributed by atoms with Crippen LogP contribution in [0, 0.1) is 16.7 Å². The highest BCUT2D eigenvalue weighted by Crippen LogP contribution is 2.66. The van der Waals surface area contributed by atoms with Crippen molar-refractivity contribution in [1.82, 2.24) is 15.2 Å². The summed E-state index contributed by atoms with van der Waals surface area (Å²) >= 11 is 1.33. The number of nitrogens with one attached hydrogen (secondary N) is 1. The molecule has 2 aliphatic carbocycles. The Labute approximate surface area is 123 Å². The fourth-order valence-electron chi connectivity index (χ4n) is 3.89. The Kier molecular flexibility index (Phi) is 3.31. The Bertz CT molecular complexity index is 503. The first-order chi connectivity index (χ1) is 9.43. The zero-order chi connectivity index (χ0) is 14.4. The number of carbonyl (C=O) groups is 1. The summed E-state index contributed by atoms with van der Waals surface area (Å²) in [4.78, 5) is 16.0. The van der Waals surface area contributed by atoms with Crippen molar-refractivity contribution >= 4 is 17.7 Å². The summed E-state index contributed by atoms with van der Waals surface area (Å²) in [5.74, 6) is 0.820. The number of hydrogen-bond acceptors (Lipinski definition) is 5. The molecule has 5 nitrogen and oxygen atoms in total. The van der Waals surface area contributed by atoms with Gasteiger partial charge in [0.05, 0.1) is 5.75 Å². The van der Waals surface area contributed by atoms with Gasteiger partial charge in [-0.25, -0.2) is 4.98 Å². The minimum atomic E-state index is -0.152. The summed E-state index contributed by atoms with van der Waals surface area (Å²) in [7, 11) is 0. The molecule has 2 bridgehead atoms. The van der Waals surface area contributed by atoms with Crippen molar-refractivity contribution in [2.45, 2.75) is 51.3 Å². The molecule has 0 aliphatic heterocycles. The first kappa shape index (κ1) is 13.9. The van der Waals surface area contributed by atoms with E-state index in [1.165, 1.54) is 24.5 Å². The van der Waals surface area contributed by atoms with Crippen LogP contribution < -0.4 is 0 Å². The van der Waals surface area contributed by atoms with Gasteiger partial charge in [-0.3, -0.25) is 9.89 Å². The summed E-state index contributed by atoms with van der Waals surface area (Å²) in [6, 6.07) is 0. The predicted octanol–water partition coefficient (Wildman–Crippen LogP) is 2.65. The van der Waals surface area contributed by atoms with Gasteiger partial charge in [0.15, 0.2) is 5.16 Å². The molecule has 0 amide bonds. The van der Waals surface area contributed by atoms with Crippen LogP contribution in [0.1, 0.15) is 40.0 Å². The number of fused-ring (bicyclic) bond motifs is 2. The molecule has 3 atom stereocenters. The molecule has 1 heterocycles. The molecule has 6 heteroatoms. The van der Waals surface area contributed by atoms with E-state index in [1.54, 1.807) is 0 Å². The van der Waals surface area contributed by atoms with Crippen molar-refractivity contribution in [3.8, 4) is 0 Å². The van der Waals surface area contributed by atoms with Gasteiger partial charge in [0.1, 0.15) is 12.4 Å². The van der Waals surface area contributed by atoms with Crippen LogP contribution in [0.3, 0.4) is 0 Å². The smallest absolute Gasteiger partial charge is 0.316 e. The number of rotatable bonds is 4. The third-order valence-electron chi connectivity index (χ3n) is 5.71. The van der Waals surface area contributed by atoms with Crippen molar-refractivity contribution < 1.29 is 9.53 Å². The van der Waals surface area contributed by atoms with Crippen LogP contribution in [0.2, 0.25) is 0 Å². The second-order valence-corrected chi connectivity index (χ2v) is 7.63. The second kappa shape index (κ2) is 4.76. The van der Waals surface area contributed by atoms with Crippen LogP contribution >= 0.6 is 11.8 Å². The quantitative estimate of drug-likeness (QED) is 0.683. The van der Waals surface area contributed by atoms with E-state index in [4.69, 9.17) is 4.74 Å². The normalized spacial score (nSPS) is 34.4. The molecule has 1 aromatic heterocycles. The number of nitrogens with zero attached hydrogens (tertiary/aromatic N) is 2. The standard InChI is InChI=1S/C14H21N3O2S/c1-13(2)9-4-5-14(13,3)10(6-9)19-11(18)7-20-12-15-8-16-17-12/h8-10H,4-7H2,1-3H3,(H,15,16,17)/t9-,10+,14+/m0/s1. The van der Waals surface area contributed by atoms with Gasteiger partial charge < -0.3 is 4.74 Å². The van der Waals surface area contributed by atoms with Gasteiger partial charge >= 0.3 is 5.97 Å². The van der Waals surface area contributed by atoms with Crippen LogP contribution in [-0.4, -0.2) is 33.0 Å². The topological polar surface area (TPSA) is 67.9 Å². The molecular formula is C14H21N3O2S. The van der Waals surface area contributed by atoms with Gasteiger partial charge in [0.25, 0.3) is 0 Å². The summed E-state index contributed by atoms with van der Waals surface area (Å²) in [5, 5.41) is 7.14. The maximum Gasteiger partial charge on any atom is 0.316 e. The van der Waals surface area contributed by atoms with Crippen molar-refractivity contribution in [3.63, 3.8) is 0 Å². The van der Waals surface area contributed by atoms with Crippen LogP contribution in [0.4, 0.5) is 0 Å². The first-order valence-electron chi connectivity index (χ1n) is 7.11. The van der Waals surface area contributed by atoms with Gasteiger partial charge in [0.2, 0.25) is 0 Å². The van der Waals surface area contributed by atoms with Gasteiger partial charge in [-0.1, -0.05) is 32.5 Å². The summed E-state index contributed by atoms with van der Waals surface area (Å²) in [6.45, 7) is 6.92. The molecule has 1 N–H and O–H groups in total. The SMILES string of the molecule is CC1(C)[C@H]2CC[C@]1(C)[C@H](OC(=O)CSc1ncn[nH]1)C2. The lowest BCUT2D eigenvalue weighted by atomic mass is 9.70. The maximum atomic E-state index is 12.0. The van der Waals surface area contributed by atoms with Crippen molar-refractivity contribution in [2.75, 3.05) is 5.75 Å². The third kappa shape index (κ3) is 2.05. The fraction of sp³-hybridized carbons (Fsp3) is 0.786. The number of aromatic nitrogens is 3. The number of aromatic amines is 1. The van der Waals surface area contributed by atoms with E-state index in [0.717, 1.165) is 12.8 Å². The second-order valence-electron chi connectivity index (χ2n) is 6.67. The summed E-state index contributed by atoms with van der Waals surface area (Å²) in [5.41, 5.74) is 0.403. The highest BCUT2D eigenvalue weighted by molar-refractivity contribution is 7.99. The van der Waals surface area contributed by atoms with Crippen molar-refractivity contribution in [2.24, 2.45) is 16.7 Å². The molecule has 2 fully saturated rings. The monoisotopic (exact) mass is 295 g/mol. The molecule has 3 rings (SSSR count). The average molecular weight is 295 g/mol. The lowest BCUT2D eigenvalue weighted by Crippen LogP contribution is -2.38. The molecule has 1 aromatic rings. The van der Waals surface area contributed by atoms with Gasteiger partial charge in [-0.05, 0) is 30.6 Å². The first-order valence-corrected chi connectivity index (χ1v) is 8.10. The Morgan fingerprint density at radius 3 is 2.90 bits per heavy atom. The van der Waals surface area contributed by atoms with E-state index in [2.05, 4.69) is 36.0 Å². The zero-order valence-corrected chi connectivity index (χ0v) is 13.0. The molecule has 0 unspecified atom stereocenters. The van der Waals surface area contributed by atoms with E-state index < -0.39 is 0 Å². The molecule has 2 saturated carbocycles. The number of thioether (sulfide) groups is 1. The van der Waals surface area contributed by atoms with E-state index in [9.17, 15) is 4.79 Å². The fourth-order valence-corrected chi connectivity index (χ4v) is 4.45. The van der Waals surface area contributed by atoms with E-state index >= 15 is 0 Å². The molecule has 20 heavy (non-hydrogen) atoms. The Morgan fingerprint density at radius 1 is 1.55 bits per heavy atom. The summed E-state index contributed by atoms with van der Waals surface area (Å²) in [6.07, 6.45) is 4.96. The minimum absolute atomic E-state index is 0.0686. The molecule has 0 aromatic carbocycles. The van der Waals surface area contributed by atoms with Crippen molar-refractivity contribution in [1.29, 1.82) is 0 Å². The third-order valence-corrected chi connectivity index (χ3v) is 6.56. The Hall–Kier alpha value is -1.04. The van der Waals surface area contributed by atoms with Gasteiger partial charge in [-0.2, -0.15) is 5.10 Å². The van der Waals surface area contributed by atoms with Crippen LogP contribution in [0.15, 0.2) is 11.5 Å². The molecule has 0 spiro atoms. The highest BCUT2D eigenvalue weighted by atomic mass is 32.2. The Balaban J connectivity index is 1.58. The lowest BCUT2D eigenvalue weighted by molar-refractivity contribution is -0.153. The number of carbonyl (C=O) groups excluding carboxylic acids is 1. The summed E-state index contributed by atoms with van der Waals surface area (Å²) < 4.78 is 5.76. The number of esters is 1. The van der Waals surface area contributed by atoms with Crippen LogP contribution in [-0.2, 0) is 9.53 Å². The van der Waals surface area contributed by atoms with E-state index in [1.807, 2.05) is 0 Å². The maximum absolute atomic E-state index is 12.0.